The van der Waals surface area contributed by atoms with Gasteiger partial charge in [-0.2, -0.15) is 0 Å². The minimum atomic E-state index is -0.543. The monoisotopic (exact) mass is 416 g/mol. The Hall–Kier alpha value is -2.61. The number of nitrogens with zero attached hydrogens (tertiary/aromatic N) is 3. The van der Waals surface area contributed by atoms with Gasteiger partial charge in [-0.25, -0.2) is 14.8 Å². The van der Waals surface area contributed by atoms with E-state index in [4.69, 9.17) is 4.74 Å². The second-order valence-electron chi connectivity index (χ2n) is 7.81. The van der Waals surface area contributed by atoms with Crippen LogP contribution in [-0.4, -0.2) is 45.3 Å². The number of hydrogen-bond donors (Lipinski definition) is 1. The zero-order valence-electron chi connectivity index (χ0n) is 17.8. The Morgan fingerprint density at radius 2 is 1.79 bits per heavy atom. The van der Waals surface area contributed by atoms with Gasteiger partial charge in [-0.05, 0) is 58.4 Å². The number of rotatable bonds is 6. The van der Waals surface area contributed by atoms with Crippen LogP contribution in [0.25, 0.3) is 0 Å². The fraction of sp³-hybridized carbons (Fsp3) is 0.429. The molecule has 2 rings (SSSR count). The first-order valence-electron chi connectivity index (χ1n) is 9.30. The molecule has 8 heteroatoms. The fourth-order valence-corrected chi connectivity index (χ4v) is 3.26. The first-order valence-corrected chi connectivity index (χ1v) is 10.3. The molecule has 1 aromatic carbocycles. The number of thioether (sulfide) groups is 1. The van der Waals surface area contributed by atoms with Crippen LogP contribution in [0, 0.1) is 13.8 Å². The molecule has 0 saturated carbocycles. The summed E-state index contributed by atoms with van der Waals surface area (Å²) in [6.07, 6.45) is -0.392. The van der Waals surface area contributed by atoms with Crippen LogP contribution < -0.4 is 5.32 Å². The summed E-state index contributed by atoms with van der Waals surface area (Å²) in [6.45, 7) is 9.67. The third-order valence-electron chi connectivity index (χ3n) is 3.63. The van der Waals surface area contributed by atoms with Crippen LogP contribution in [0.15, 0.2) is 35.5 Å². The second kappa shape index (κ2) is 9.73. The van der Waals surface area contributed by atoms with Gasteiger partial charge in [0.15, 0.2) is 5.16 Å². The Morgan fingerprint density at radius 1 is 1.14 bits per heavy atom. The standard InChI is InChI=1S/C21H28N4O3S/c1-14-10-15(2)23-19(22-14)29-13-18(26)24-17-9-7-8-16(11-17)12-25(6)20(27)28-21(3,4)5/h7-11H,12-13H2,1-6H3,(H,24,26). The number of aryl methyl sites for hydroxylation is 2. The highest BCUT2D eigenvalue weighted by molar-refractivity contribution is 7.99. The van der Waals surface area contributed by atoms with Crippen LogP contribution in [0.4, 0.5) is 10.5 Å². The van der Waals surface area contributed by atoms with E-state index in [0.717, 1.165) is 17.0 Å². The van der Waals surface area contributed by atoms with Gasteiger partial charge in [0.05, 0.1) is 5.75 Å². The van der Waals surface area contributed by atoms with Crippen molar-refractivity contribution in [3.05, 3.63) is 47.3 Å². The zero-order valence-corrected chi connectivity index (χ0v) is 18.6. The highest BCUT2D eigenvalue weighted by Gasteiger charge is 2.19. The van der Waals surface area contributed by atoms with Gasteiger partial charge in [-0.1, -0.05) is 23.9 Å². The van der Waals surface area contributed by atoms with Crippen molar-refractivity contribution in [2.24, 2.45) is 0 Å². The van der Waals surface area contributed by atoms with Gasteiger partial charge in [0.2, 0.25) is 5.91 Å². The molecule has 0 aliphatic heterocycles. The van der Waals surface area contributed by atoms with Crippen molar-refractivity contribution in [2.45, 2.75) is 51.9 Å². The molecule has 2 amide bonds. The first-order chi connectivity index (χ1) is 13.5. The molecule has 0 fully saturated rings. The molecule has 0 saturated heterocycles. The van der Waals surface area contributed by atoms with Crippen molar-refractivity contribution in [1.29, 1.82) is 0 Å². The highest BCUT2D eigenvalue weighted by atomic mass is 32.2. The van der Waals surface area contributed by atoms with E-state index >= 15 is 0 Å². The van der Waals surface area contributed by atoms with Crippen molar-refractivity contribution >= 4 is 29.4 Å². The third kappa shape index (κ3) is 8.11. The number of nitrogens with one attached hydrogen (secondary N) is 1. The molecule has 1 N–H and O–H groups in total. The number of benzene rings is 1. The summed E-state index contributed by atoms with van der Waals surface area (Å²) in [4.78, 5) is 34.5. The molecule has 0 aliphatic rings. The van der Waals surface area contributed by atoms with E-state index in [0.29, 0.717) is 17.4 Å². The SMILES string of the molecule is Cc1cc(C)nc(SCC(=O)Nc2cccc(CN(C)C(=O)OC(C)(C)C)c2)n1. The summed E-state index contributed by atoms with van der Waals surface area (Å²) in [5.74, 6) is 0.0701. The number of amides is 2. The largest absolute Gasteiger partial charge is 0.444 e. The lowest BCUT2D eigenvalue weighted by molar-refractivity contribution is -0.113. The highest BCUT2D eigenvalue weighted by Crippen LogP contribution is 2.17. The van der Waals surface area contributed by atoms with Gasteiger partial charge in [0.25, 0.3) is 0 Å². The number of anilines is 1. The van der Waals surface area contributed by atoms with E-state index in [1.165, 1.54) is 16.7 Å². The Balaban J connectivity index is 1.91. The van der Waals surface area contributed by atoms with E-state index in [9.17, 15) is 9.59 Å². The normalized spacial score (nSPS) is 11.1. The molecular weight excluding hydrogens is 388 g/mol. The van der Waals surface area contributed by atoms with Gasteiger partial charge in [0.1, 0.15) is 5.60 Å². The topological polar surface area (TPSA) is 84.4 Å². The van der Waals surface area contributed by atoms with Crippen LogP contribution in [0.2, 0.25) is 0 Å². The van der Waals surface area contributed by atoms with Crippen molar-refractivity contribution in [3.63, 3.8) is 0 Å². The van der Waals surface area contributed by atoms with Gasteiger partial charge < -0.3 is 15.0 Å². The minimum Gasteiger partial charge on any atom is -0.444 e. The Bertz CT molecular complexity index is 860. The number of ether oxygens (including phenoxy) is 1. The predicted molar refractivity (Wildman–Crippen MR) is 115 cm³/mol. The molecule has 0 unspecified atom stereocenters. The first kappa shape index (κ1) is 22.7. The minimum absolute atomic E-state index is 0.143. The van der Waals surface area contributed by atoms with Crippen molar-refractivity contribution in [1.82, 2.24) is 14.9 Å². The van der Waals surface area contributed by atoms with E-state index in [2.05, 4.69) is 15.3 Å². The van der Waals surface area contributed by atoms with Crippen LogP contribution in [0.3, 0.4) is 0 Å². The number of carbonyl (C=O) groups is 2. The summed E-state index contributed by atoms with van der Waals surface area (Å²) in [5, 5.41) is 3.46. The summed E-state index contributed by atoms with van der Waals surface area (Å²) in [6, 6.07) is 9.29. The average Bonchev–Trinajstić information content (AvgIpc) is 2.58. The molecule has 0 aliphatic carbocycles. The quantitative estimate of drug-likeness (QED) is 0.561. The van der Waals surface area contributed by atoms with Crippen molar-refractivity contribution in [2.75, 3.05) is 18.1 Å². The maximum atomic E-state index is 12.3. The van der Waals surface area contributed by atoms with E-state index in [-0.39, 0.29) is 11.7 Å². The molecule has 1 heterocycles. The van der Waals surface area contributed by atoms with E-state index in [1.807, 2.05) is 65.0 Å². The Kier molecular flexibility index (Phi) is 7.61. The third-order valence-corrected chi connectivity index (χ3v) is 4.48. The fourth-order valence-electron chi connectivity index (χ4n) is 2.51. The lowest BCUT2D eigenvalue weighted by atomic mass is 10.2. The van der Waals surface area contributed by atoms with Gasteiger partial charge >= 0.3 is 6.09 Å². The maximum absolute atomic E-state index is 12.3. The Morgan fingerprint density at radius 3 is 2.41 bits per heavy atom. The molecule has 1 aromatic heterocycles. The van der Waals surface area contributed by atoms with Gasteiger partial charge in [0, 0.05) is 30.7 Å². The Labute approximate surface area is 176 Å². The van der Waals surface area contributed by atoms with Crippen LogP contribution in [0.5, 0.6) is 0 Å². The lowest BCUT2D eigenvalue weighted by Crippen LogP contribution is -2.33. The number of aromatic nitrogens is 2. The lowest BCUT2D eigenvalue weighted by Gasteiger charge is -2.24. The summed E-state index contributed by atoms with van der Waals surface area (Å²) in [5.41, 5.74) is 2.77. The smallest absolute Gasteiger partial charge is 0.410 e. The maximum Gasteiger partial charge on any atom is 0.410 e. The van der Waals surface area contributed by atoms with E-state index < -0.39 is 11.7 Å². The molecule has 2 aromatic rings. The molecule has 7 nitrogen and oxygen atoms in total. The molecular formula is C21H28N4O3S. The predicted octanol–water partition coefficient (Wildman–Crippen LogP) is 4.19. The second-order valence-corrected chi connectivity index (χ2v) is 8.75. The zero-order chi connectivity index (χ0) is 21.6. The average molecular weight is 417 g/mol. The van der Waals surface area contributed by atoms with Gasteiger partial charge in [-0.15, -0.1) is 0 Å². The van der Waals surface area contributed by atoms with Crippen molar-refractivity contribution in [3.8, 4) is 0 Å². The number of hydrogen-bond acceptors (Lipinski definition) is 6. The molecule has 156 valence electrons. The molecule has 0 spiro atoms. The summed E-state index contributed by atoms with van der Waals surface area (Å²) in [7, 11) is 1.68. The molecule has 0 radical (unpaired) electrons. The molecule has 0 bridgehead atoms. The summed E-state index contributed by atoms with van der Waals surface area (Å²) >= 11 is 1.30. The molecule has 29 heavy (non-hydrogen) atoms. The molecule has 0 atom stereocenters. The van der Waals surface area contributed by atoms with Crippen LogP contribution >= 0.6 is 11.8 Å². The van der Waals surface area contributed by atoms with Crippen LogP contribution in [0.1, 0.15) is 37.7 Å². The van der Waals surface area contributed by atoms with Gasteiger partial charge in [-0.3, -0.25) is 4.79 Å². The van der Waals surface area contributed by atoms with Crippen molar-refractivity contribution < 1.29 is 14.3 Å². The number of carbonyl (C=O) groups excluding carboxylic acids is 2. The van der Waals surface area contributed by atoms with Crippen LogP contribution in [-0.2, 0) is 16.1 Å². The van der Waals surface area contributed by atoms with E-state index in [1.54, 1.807) is 7.05 Å². The summed E-state index contributed by atoms with van der Waals surface area (Å²) < 4.78 is 5.36.